The molecule has 1 heteroatoms. The number of aryl methyl sites for hydroxylation is 1. The van der Waals surface area contributed by atoms with Crippen LogP contribution in [-0.4, -0.2) is 13.1 Å². The highest BCUT2D eigenvalue weighted by molar-refractivity contribution is 5.27. The van der Waals surface area contributed by atoms with Crippen LogP contribution in [0, 0.1) is 0 Å². The molecule has 0 aliphatic heterocycles. The van der Waals surface area contributed by atoms with Crippen molar-refractivity contribution in [1.29, 1.82) is 0 Å². The van der Waals surface area contributed by atoms with Gasteiger partial charge in [-0.15, -0.1) is 0 Å². The van der Waals surface area contributed by atoms with E-state index in [0.29, 0.717) is 0 Å². The second-order valence-electron chi connectivity index (χ2n) is 5.23. The zero-order valence-electron chi connectivity index (χ0n) is 11.0. The van der Waals surface area contributed by atoms with Gasteiger partial charge in [-0.05, 0) is 62.2 Å². The quantitative estimate of drug-likeness (QED) is 0.702. The van der Waals surface area contributed by atoms with Crippen LogP contribution in [0.2, 0.25) is 0 Å². The van der Waals surface area contributed by atoms with Crippen LogP contribution in [0.25, 0.3) is 0 Å². The fourth-order valence-corrected chi connectivity index (χ4v) is 2.46. The maximum Gasteiger partial charge on any atom is -0.00458 e. The summed E-state index contributed by atoms with van der Waals surface area (Å²) >= 11 is 0. The molecule has 0 heterocycles. The Balaban J connectivity index is 1.75. The summed E-state index contributed by atoms with van der Waals surface area (Å²) in [4.78, 5) is 0. The maximum atomic E-state index is 3.47. The van der Waals surface area contributed by atoms with E-state index in [9.17, 15) is 0 Å². The maximum absolute atomic E-state index is 3.47. The Bertz CT molecular complexity index is 328. The summed E-state index contributed by atoms with van der Waals surface area (Å²) in [5.74, 6) is 0.869. The van der Waals surface area contributed by atoms with Crippen LogP contribution in [0.4, 0.5) is 0 Å². The van der Waals surface area contributed by atoms with E-state index in [2.05, 4.69) is 36.5 Å². The number of hydrogen-bond acceptors (Lipinski definition) is 1. The van der Waals surface area contributed by atoms with E-state index >= 15 is 0 Å². The zero-order chi connectivity index (χ0) is 11.9. The molecule has 0 radical (unpaired) electrons. The highest BCUT2D eigenvalue weighted by atomic mass is 14.8. The molecule has 0 spiro atoms. The summed E-state index contributed by atoms with van der Waals surface area (Å²) in [6.45, 7) is 4.53. The molecule has 1 aromatic rings. The van der Waals surface area contributed by atoms with Gasteiger partial charge >= 0.3 is 0 Å². The van der Waals surface area contributed by atoms with Crippen LogP contribution in [0.15, 0.2) is 24.3 Å². The van der Waals surface area contributed by atoms with Crippen molar-refractivity contribution in [3.05, 3.63) is 35.4 Å². The standard InChI is InChI=1S/C16H25N/c1-2-11-17-12-5-7-14-6-3-10-16(13-14)15-8-4-9-15/h3,6,10,13,15,17H,2,4-5,7-9,11-12H2,1H3. The van der Waals surface area contributed by atoms with E-state index in [4.69, 9.17) is 0 Å². The predicted molar refractivity (Wildman–Crippen MR) is 74.5 cm³/mol. The molecular formula is C16H25N. The van der Waals surface area contributed by atoms with Crippen LogP contribution in [-0.2, 0) is 6.42 Å². The fraction of sp³-hybridized carbons (Fsp3) is 0.625. The van der Waals surface area contributed by atoms with E-state index < -0.39 is 0 Å². The summed E-state index contributed by atoms with van der Waals surface area (Å²) in [6, 6.07) is 9.26. The summed E-state index contributed by atoms with van der Waals surface area (Å²) in [5, 5.41) is 3.47. The first kappa shape index (κ1) is 12.6. The van der Waals surface area contributed by atoms with Gasteiger partial charge in [-0.25, -0.2) is 0 Å². The van der Waals surface area contributed by atoms with Crippen molar-refractivity contribution in [1.82, 2.24) is 5.32 Å². The van der Waals surface area contributed by atoms with Crippen LogP contribution < -0.4 is 5.32 Å². The van der Waals surface area contributed by atoms with Gasteiger partial charge in [-0.1, -0.05) is 37.6 Å². The van der Waals surface area contributed by atoms with Crippen molar-refractivity contribution in [2.45, 2.75) is 51.4 Å². The number of hydrogen-bond donors (Lipinski definition) is 1. The second-order valence-corrected chi connectivity index (χ2v) is 5.23. The molecule has 1 aliphatic rings. The van der Waals surface area contributed by atoms with Gasteiger partial charge < -0.3 is 5.32 Å². The minimum absolute atomic E-state index is 0.869. The molecular weight excluding hydrogens is 206 g/mol. The van der Waals surface area contributed by atoms with Gasteiger partial charge in [-0.2, -0.15) is 0 Å². The van der Waals surface area contributed by atoms with Crippen LogP contribution in [0.5, 0.6) is 0 Å². The summed E-state index contributed by atoms with van der Waals surface area (Å²) in [7, 11) is 0. The van der Waals surface area contributed by atoms with E-state index in [0.717, 1.165) is 19.0 Å². The molecule has 1 saturated carbocycles. The Kier molecular flexibility index (Phi) is 5.06. The lowest BCUT2D eigenvalue weighted by molar-refractivity contribution is 0.419. The van der Waals surface area contributed by atoms with Crippen LogP contribution >= 0.6 is 0 Å². The minimum Gasteiger partial charge on any atom is -0.317 e. The zero-order valence-corrected chi connectivity index (χ0v) is 11.0. The predicted octanol–water partition coefficient (Wildman–Crippen LogP) is 3.89. The minimum atomic E-state index is 0.869. The average molecular weight is 231 g/mol. The number of benzene rings is 1. The third-order valence-electron chi connectivity index (χ3n) is 3.77. The normalized spacial score (nSPS) is 15.8. The van der Waals surface area contributed by atoms with Gasteiger partial charge in [0.1, 0.15) is 0 Å². The van der Waals surface area contributed by atoms with Gasteiger partial charge in [0.25, 0.3) is 0 Å². The Morgan fingerprint density at radius 1 is 1.24 bits per heavy atom. The molecule has 94 valence electrons. The molecule has 1 nitrogen and oxygen atoms in total. The monoisotopic (exact) mass is 231 g/mol. The van der Waals surface area contributed by atoms with Gasteiger partial charge in [0.05, 0.1) is 0 Å². The van der Waals surface area contributed by atoms with E-state index in [-0.39, 0.29) is 0 Å². The lowest BCUT2D eigenvalue weighted by Crippen LogP contribution is -2.16. The lowest BCUT2D eigenvalue weighted by atomic mass is 9.79. The first-order valence-corrected chi connectivity index (χ1v) is 7.19. The van der Waals surface area contributed by atoms with Crippen molar-refractivity contribution in [3.8, 4) is 0 Å². The Morgan fingerprint density at radius 2 is 2.12 bits per heavy atom. The second kappa shape index (κ2) is 6.80. The first-order valence-electron chi connectivity index (χ1n) is 7.19. The Hall–Kier alpha value is -0.820. The van der Waals surface area contributed by atoms with Crippen molar-refractivity contribution < 1.29 is 0 Å². The molecule has 0 bridgehead atoms. The van der Waals surface area contributed by atoms with Crippen molar-refractivity contribution in [3.63, 3.8) is 0 Å². The average Bonchev–Trinajstić information content (AvgIpc) is 2.27. The van der Waals surface area contributed by atoms with E-state index in [1.165, 1.54) is 44.1 Å². The number of rotatable bonds is 7. The highest BCUT2D eigenvalue weighted by Crippen LogP contribution is 2.36. The number of nitrogens with one attached hydrogen (secondary N) is 1. The molecule has 0 aromatic heterocycles. The molecule has 2 rings (SSSR count). The van der Waals surface area contributed by atoms with Crippen LogP contribution in [0.1, 0.15) is 56.1 Å². The third-order valence-corrected chi connectivity index (χ3v) is 3.77. The Labute approximate surface area is 106 Å². The third kappa shape index (κ3) is 3.85. The lowest BCUT2D eigenvalue weighted by Gasteiger charge is -2.26. The fourth-order valence-electron chi connectivity index (χ4n) is 2.46. The first-order chi connectivity index (χ1) is 8.40. The van der Waals surface area contributed by atoms with E-state index in [1.807, 2.05) is 0 Å². The SMILES string of the molecule is CCCNCCCc1cccc(C2CCC2)c1. The van der Waals surface area contributed by atoms with Gasteiger partial charge in [0.15, 0.2) is 0 Å². The molecule has 1 aliphatic carbocycles. The molecule has 1 aromatic carbocycles. The summed E-state index contributed by atoms with van der Waals surface area (Å²) < 4.78 is 0. The molecule has 0 saturated heterocycles. The largest absolute Gasteiger partial charge is 0.317 e. The smallest absolute Gasteiger partial charge is 0.00458 e. The molecule has 1 N–H and O–H groups in total. The Morgan fingerprint density at radius 3 is 2.82 bits per heavy atom. The van der Waals surface area contributed by atoms with Crippen molar-refractivity contribution in [2.24, 2.45) is 0 Å². The van der Waals surface area contributed by atoms with Crippen LogP contribution in [0.3, 0.4) is 0 Å². The topological polar surface area (TPSA) is 12.0 Å². The molecule has 17 heavy (non-hydrogen) atoms. The van der Waals surface area contributed by atoms with Gasteiger partial charge in [0.2, 0.25) is 0 Å². The van der Waals surface area contributed by atoms with Crippen molar-refractivity contribution >= 4 is 0 Å². The molecule has 0 atom stereocenters. The summed E-state index contributed by atoms with van der Waals surface area (Å²) in [6.07, 6.45) is 7.95. The van der Waals surface area contributed by atoms with Crippen molar-refractivity contribution in [2.75, 3.05) is 13.1 Å². The van der Waals surface area contributed by atoms with Gasteiger partial charge in [0, 0.05) is 0 Å². The molecule has 1 fully saturated rings. The summed E-state index contributed by atoms with van der Waals surface area (Å²) in [5.41, 5.74) is 3.10. The molecule has 0 amide bonds. The van der Waals surface area contributed by atoms with E-state index in [1.54, 1.807) is 5.56 Å². The molecule has 0 unspecified atom stereocenters. The van der Waals surface area contributed by atoms with Gasteiger partial charge in [-0.3, -0.25) is 0 Å². The highest BCUT2D eigenvalue weighted by Gasteiger charge is 2.19.